The number of hydrogen-bond acceptors (Lipinski definition) is 3. The van der Waals surface area contributed by atoms with Gasteiger partial charge in [0.2, 0.25) is 0 Å². The topological polar surface area (TPSA) is 32.8 Å². The monoisotopic (exact) mass is 342 g/mol. The fourth-order valence-corrected chi connectivity index (χ4v) is 3.05. The molecule has 3 rings (SSSR count). The van der Waals surface area contributed by atoms with Crippen LogP contribution in [0.1, 0.15) is 22.8 Å². The maximum atomic E-state index is 13.0. The Balaban J connectivity index is 1.58. The fraction of sp³-hybridized carbons (Fsp3) is 0.350. The van der Waals surface area contributed by atoms with E-state index in [4.69, 9.17) is 4.74 Å². The summed E-state index contributed by atoms with van der Waals surface area (Å²) >= 11 is 0. The number of piperazine rings is 1. The molecular weight excluding hydrogens is 319 g/mol. The molecule has 1 heterocycles. The largest absolute Gasteiger partial charge is 0.493 e. The van der Waals surface area contributed by atoms with E-state index in [2.05, 4.69) is 4.90 Å². The molecule has 0 bridgehead atoms. The Labute approximate surface area is 147 Å². The summed E-state index contributed by atoms with van der Waals surface area (Å²) < 4.78 is 18.6. The Hall–Kier alpha value is -2.40. The van der Waals surface area contributed by atoms with E-state index in [0.29, 0.717) is 31.0 Å². The van der Waals surface area contributed by atoms with Crippen LogP contribution in [0.4, 0.5) is 4.39 Å². The van der Waals surface area contributed by atoms with E-state index >= 15 is 0 Å². The minimum atomic E-state index is -0.216. The zero-order chi connectivity index (χ0) is 17.6. The normalized spacial score (nSPS) is 15.2. The van der Waals surface area contributed by atoms with Crippen molar-refractivity contribution in [2.24, 2.45) is 0 Å². The zero-order valence-corrected chi connectivity index (χ0v) is 14.5. The van der Waals surface area contributed by atoms with Crippen molar-refractivity contribution < 1.29 is 13.9 Å². The Morgan fingerprint density at radius 2 is 1.72 bits per heavy atom. The van der Waals surface area contributed by atoms with E-state index in [0.717, 1.165) is 25.2 Å². The molecule has 0 saturated carbocycles. The highest BCUT2D eigenvalue weighted by atomic mass is 19.1. The maximum absolute atomic E-state index is 13.0. The number of halogens is 1. The highest BCUT2D eigenvalue weighted by molar-refractivity contribution is 5.97. The Morgan fingerprint density at radius 1 is 1.04 bits per heavy atom. The molecule has 2 aromatic carbocycles. The number of amides is 1. The number of benzene rings is 2. The molecule has 0 spiro atoms. The molecule has 25 heavy (non-hydrogen) atoms. The lowest BCUT2D eigenvalue weighted by Crippen LogP contribution is -2.48. The second-order valence-corrected chi connectivity index (χ2v) is 6.12. The van der Waals surface area contributed by atoms with Gasteiger partial charge >= 0.3 is 0 Å². The predicted molar refractivity (Wildman–Crippen MR) is 95.2 cm³/mol. The number of rotatable bonds is 5. The minimum Gasteiger partial charge on any atom is -0.493 e. The third-order valence-corrected chi connectivity index (χ3v) is 4.40. The molecule has 0 N–H and O–H groups in total. The lowest BCUT2D eigenvalue weighted by molar-refractivity contribution is 0.0624. The van der Waals surface area contributed by atoms with Crippen LogP contribution in [0.15, 0.2) is 48.5 Å². The molecule has 1 amide bonds. The average molecular weight is 342 g/mol. The van der Waals surface area contributed by atoms with Crippen LogP contribution in [0.5, 0.6) is 5.75 Å². The number of nitrogens with zero attached hydrogens (tertiary/aromatic N) is 2. The van der Waals surface area contributed by atoms with Crippen LogP contribution in [0.3, 0.4) is 0 Å². The van der Waals surface area contributed by atoms with Crippen LogP contribution >= 0.6 is 0 Å². The van der Waals surface area contributed by atoms with Gasteiger partial charge in [-0.3, -0.25) is 9.69 Å². The van der Waals surface area contributed by atoms with Crippen molar-refractivity contribution in [3.8, 4) is 5.75 Å². The first-order valence-electron chi connectivity index (χ1n) is 8.65. The highest BCUT2D eigenvalue weighted by Gasteiger charge is 2.24. The summed E-state index contributed by atoms with van der Waals surface area (Å²) in [5.41, 5.74) is 1.71. The van der Waals surface area contributed by atoms with Crippen molar-refractivity contribution in [2.75, 3.05) is 32.8 Å². The lowest BCUT2D eigenvalue weighted by atomic mass is 10.1. The van der Waals surface area contributed by atoms with E-state index in [1.54, 1.807) is 0 Å². The number of carbonyl (C=O) groups excluding carboxylic acids is 1. The summed E-state index contributed by atoms with van der Waals surface area (Å²) in [6.45, 7) is 6.20. The second-order valence-electron chi connectivity index (χ2n) is 6.12. The van der Waals surface area contributed by atoms with Crippen molar-refractivity contribution in [3.05, 3.63) is 65.5 Å². The molecule has 5 heteroatoms. The molecule has 132 valence electrons. The van der Waals surface area contributed by atoms with Crippen molar-refractivity contribution in [3.63, 3.8) is 0 Å². The maximum Gasteiger partial charge on any atom is 0.257 e. The van der Waals surface area contributed by atoms with Crippen molar-refractivity contribution in [1.82, 2.24) is 9.80 Å². The summed E-state index contributed by atoms with van der Waals surface area (Å²) in [5, 5.41) is 0. The Kier molecular flexibility index (Phi) is 5.66. The predicted octanol–water partition coefficient (Wildman–Crippen LogP) is 3.18. The molecule has 0 aliphatic carbocycles. The first-order chi connectivity index (χ1) is 12.2. The number of carbonyl (C=O) groups is 1. The summed E-state index contributed by atoms with van der Waals surface area (Å²) in [5.74, 6) is 0.446. The summed E-state index contributed by atoms with van der Waals surface area (Å²) in [6, 6.07) is 14.0. The number of hydrogen-bond donors (Lipinski definition) is 0. The van der Waals surface area contributed by atoms with E-state index in [-0.39, 0.29) is 11.7 Å². The van der Waals surface area contributed by atoms with Gasteiger partial charge in [-0.2, -0.15) is 0 Å². The van der Waals surface area contributed by atoms with Gasteiger partial charge in [0.05, 0.1) is 12.2 Å². The van der Waals surface area contributed by atoms with Gasteiger partial charge in [-0.1, -0.05) is 24.3 Å². The van der Waals surface area contributed by atoms with Gasteiger partial charge in [0.15, 0.2) is 0 Å². The van der Waals surface area contributed by atoms with E-state index in [1.165, 1.54) is 12.1 Å². The molecule has 0 unspecified atom stereocenters. The molecule has 0 atom stereocenters. The van der Waals surface area contributed by atoms with Crippen LogP contribution in [-0.4, -0.2) is 48.5 Å². The standard InChI is InChI=1S/C20H23FN2O2/c1-2-25-19-6-4-3-5-18(19)20(24)23-13-11-22(12-14-23)15-16-7-9-17(21)10-8-16/h3-10H,2,11-15H2,1H3. The fourth-order valence-electron chi connectivity index (χ4n) is 3.05. The van der Waals surface area contributed by atoms with Crippen LogP contribution in [0.2, 0.25) is 0 Å². The molecule has 0 aromatic heterocycles. The number of para-hydroxylation sites is 1. The van der Waals surface area contributed by atoms with Crippen molar-refractivity contribution in [2.45, 2.75) is 13.5 Å². The van der Waals surface area contributed by atoms with Crippen LogP contribution in [-0.2, 0) is 6.54 Å². The third-order valence-electron chi connectivity index (χ3n) is 4.40. The molecule has 1 fully saturated rings. The zero-order valence-electron chi connectivity index (χ0n) is 14.5. The van der Waals surface area contributed by atoms with E-state index in [9.17, 15) is 9.18 Å². The van der Waals surface area contributed by atoms with Gasteiger partial charge in [-0.25, -0.2) is 4.39 Å². The molecule has 0 radical (unpaired) electrons. The van der Waals surface area contributed by atoms with E-state index < -0.39 is 0 Å². The van der Waals surface area contributed by atoms with Crippen LogP contribution < -0.4 is 4.74 Å². The smallest absolute Gasteiger partial charge is 0.257 e. The molecule has 4 nitrogen and oxygen atoms in total. The third kappa shape index (κ3) is 4.37. The molecular formula is C20H23FN2O2. The highest BCUT2D eigenvalue weighted by Crippen LogP contribution is 2.21. The molecule has 1 aliphatic rings. The average Bonchev–Trinajstić information content (AvgIpc) is 2.64. The summed E-state index contributed by atoms with van der Waals surface area (Å²) in [6.07, 6.45) is 0. The summed E-state index contributed by atoms with van der Waals surface area (Å²) in [7, 11) is 0. The van der Waals surface area contributed by atoms with Crippen LogP contribution in [0, 0.1) is 5.82 Å². The first kappa shape index (κ1) is 17.4. The summed E-state index contributed by atoms with van der Waals surface area (Å²) in [4.78, 5) is 16.9. The van der Waals surface area contributed by atoms with Gasteiger partial charge in [-0.15, -0.1) is 0 Å². The SMILES string of the molecule is CCOc1ccccc1C(=O)N1CCN(Cc2ccc(F)cc2)CC1. The van der Waals surface area contributed by atoms with Crippen molar-refractivity contribution >= 4 is 5.91 Å². The van der Waals surface area contributed by atoms with Crippen molar-refractivity contribution in [1.29, 1.82) is 0 Å². The molecule has 2 aromatic rings. The second kappa shape index (κ2) is 8.12. The minimum absolute atomic E-state index is 0.0190. The lowest BCUT2D eigenvalue weighted by Gasteiger charge is -2.35. The first-order valence-corrected chi connectivity index (χ1v) is 8.65. The van der Waals surface area contributed by atoms with Gasteiger partial charge < -0.3 is 9.64 Å². The van der Waals surface area contributed by atoms with E-state index in [1.807, 2.05) is 48.2 Å². The van der Waals surface area contributed by atoms with Gasteiger partial charge in [0.25, 0.3) is 5.91 Å². The molecule has 1 saturated heterocycles. The number of ether oxygens (including phenoxy) is 1. The van der Waals surface area contributed by atoms with Gasteiger partial charge in [0.1, 0.15) is 11.6 Å². The van der Waals surface area contributed by atoms with Gasteiger partial charge in [-0.05, 0) is 36.8 Å². The molecule has 1 aliphatic heterocycles. The Bertz CT molecular complexity index is 710. The quantitative estimate of drug-likeness (QED) is 0.837. The van der Waals surface area contributed by atoms with Crippen LogP contribution in [0.25, 0.3) is 0 Å². The Morgan fingerprint density at radius 3 is 2.40 bits per heavy atom. The van der Waals surface area contributed by atoms with Gasteiger partial charge in [0, 0.05) is 32.7 Å².